The fourth-order valence-electron chi connectivity index (χ4n) is 2.97. The van der Waals surface area contributed by atoms with Crippen molar-refractivity contribution in [3.8, 4) is 11.1 Å². The standard InChI is InChI=1S/C19H13F2NO2/c20-15-7-12(17-9-22-17)8-16(21)18(15)13-3-1-2-10-4-5-11(19(23)24)6-14(10)13/h1-8,17,22H,9H2,(H,23,24). The Morgan fingerprint density at radius 3 is 2.42 bits per heavy atom. The number of halogens is 2. The van der Waals surface area contributed by atoms with Gasteiger partial charge in [-0.2, -0.15) is 0 Å². The Balaban J connectivity index is 1.96. The fourth-order valence-corrected chi connectivity index (χ4v) is 2.97. The third-order valence-electron chi connectivity index (χ3n) is 4.27. The van der Waals surface area contributed by atoms with Crippen LogP contribution in [0.25, 0.3) is 21.9 Å². The Morgan fingerprint density at radius 2 is 1.79 bits per heavy atom. The van der Waals surface area contributed by atoms with Gasteiger partial charge in [-0.1, -0.05) is 24.3 Å². The van der Waals surface area contributed by atoms with Crippen molar-refractivity contribution in [2.75, 3.05) is 6.54 Å². The van der Waals surface area contributed by atoms with Crippen molar-refractivity contribution >= 4 is 16.7 Å². The molecule has 1 saturated heterocycles. The molecule has 0 amide bonds. The normalized spacial score (nSPS) is 16.3. The van der Waals surface area contributed by atoms with Gasteiger partial charge in [0.15, 0.2) is 0 Å². The highest BCUT2D eigenvalue weighted by Crippen LogP contribution is 2.35. The van der Waals surface area contributed by atoms with E-state index >= 15 is 0 Å². The molecule has 1 unspecified atom stereocenters. The number of aromatic carboxylic acids is 1. The van der Waals surface area contributed by atoms with E-state index in [1.807, 2.05) is 0 Å². The van der Waals surface area contributed by atoms with Gasteiger partial charge in [-0.3, -0.25) is 0 Å². The molecule has 120 valence electrons. The minimum atomic E-state index is -1.08. The summed E-state index contributed by atoms with van der Waals surface area (Å²) < 4.78 is 29.2. The maximum atomic E-state index is 14.6. The predicted molar refractivity (Wildman–Crippen MR) is 87.0 cm³/mol. The van der Waals surface area contributed by atoms with Gasteiger partial charge in [0.05, 0.1) is 11.1 Å². The van der Waals surface area contributed by atoms with E-state index in [4.69, 9.17) is 5.11 Å². The second kappa shape index (κ2) is 5.39. The Hall–Kier alpha value is -2.79. The lowest BCUT2D eigenvalue weighted by Crippen LogP contribution is -1.98. The SMILES string of the molecule is O=C(O)c1ccc2cccc(-c3c(F)cc(C4CN4)cc3F)c2c1. The molecule has 0 aromatic heterocycles. The zero-order valence-electron chi connectivity index (χ0n) is 12.5. The summed E-state index contributed by atoms with van der Waals surface area (Å²) in [6.45, 7) is 0.717. The molecule has 0 aliphatic carbocycles. The first-order chi connectivity index (χ1) is 11.5. The number of hydrogen-bond acceptors (Lipinski definition) is 2. The number of nitrogens with one attached hydrogen (secondary N) is 1. The Kier molecular flexibility index (Phi) is 3.32. The van der Waals surface area contributed by atoms with Crippen LogP contribution in [0.5, 0.6) is 0 Å². The second-order valence-electron chi connectivity index (χ2n) is 5.87. The number of rotatable bonds is 3. The summed E-state index contributed by atoms with van der Waals surface area (Å²) in [6, 6.07) is 12.3. The largest absolute Gasteiger partial charge is 0.478 e. The van der Waals surface area contributed by atoms with Crippen LogP contribution in [0.15, 0.2) is 48.5 Å². The molecule has 3 aromatic rings. The Labute approximate surface area is 136 Å². The first-order valence-electron chi connectivity index (χ1n) is 7.53. The zero-order chi connectivity index (χ0) is 16.8. The molecule has 4 rings (SSSR count). The monoisotopic (exact) mass is 325 g/mol. The lowest BCUT2D eigenvalue weighted by molar-refractivity contribution is 0.0697. The summed E-state index contributed by atoms with van der Waals surface area (Å²) in [5.74, 6) is -2.37. The van der Waals surface area contributed by atoms with Crippen molar-refractivity contribution in [3.63, 3.8) is 0 Å². The maximum Gasteiger partial charge on any atom is 0.335 e. The molecule has 1 aliphatic rings. The lowest BCUT2D eigenvalue weighted by atomic mass is 9.95. The first-order valence-corrected chi connectivity index (χ1v) is 7.53. The molecule has 2 N–H and O–H groups in total. The molecule has 1 heterocycles. The van der Waals surface area contributed by atoms with Crippen LogP contribution in [-0.2, 0) is 0 Å². The van der Waals surface area contributed by atoms with Gasteiger partial charge in [0.25, 0.3) is 0 Å². The zero-order valence-corrected chi connectivity index (χ0v) is 12.5. The van der Waals surface area contributed by atoms with E-state index < -0.39 is 17.6 Å². The van der Waals surface area contributed by atoms with Crippen LogP contribution in [0, 0.1) is 11.6 Å². The van der Waals surface area contributed by atoms with Gasteiger partial charge in [0.2, 0.25) is 0 Å². The van der Waals surface area contributed by atoms with E-state index in [2.05, 4.69) is 5.32 Å². The van der Waals surface area contributed by atoms with Crippen LogP contribution in [0.4, 0.5) is 8.78 Å². The van der Waals surface area contributed by atoms with E-state index in [-0.39, 0.29) is 17.2 Å². The average Bonchev–Trinajstić information content (AvgIpc) is 3.38. The van der Waals surface area contributed by atoms with Crippen molar-refractivity contribution < 1.29 is 18.7 Å². The van der Waals surface area contributed by atoms with Gasteiger partial charge < -0.3 is 10.4 Å². The molecular formula is C19H13F2NO2. The van der Waals surface area contributed by atoms with Gasteiger partial charge in [-0.15, -0.1) is 0 Å². The van der Waals surface area contributed by atoms with Gasteiger partial charge in [-0.05, 0) is 46.2 Å². The third kappa shape index (κ3) is 2.43. The lowest BCUT2D eigenvalue weighted by Gasteiger charge is -2.11. The molecule has 0 spiro atoms. The summed E-state index contributed by atoms with van der Waals surface area (Å²) in [5, 5.41) is 13.4. The van der Waals surface area contributed by atoms with Crippen LogP contribution < -0.4 is 5.32 Å². The molecule has 0 radical (unpaired) electrons. The molecule has 3 aromatic carbocycles. The van der Waals surface area contributed by atoms with E-state index in [1.54, 1.807) is 24.3 Å². The minimum absolute atomic E-state index is 0.00850. The minimum Gasteiger partial charge on any atom is -0.478 e. The van der Waals surface area contributed by atoms with Crippen molar-refractivity contribution in [2.24, 2.45) is 0 Å². The summed E-state index contributed by atoms with van der Waals surface area (Å²) in [6.07, 6.45) is 0. The average molecular weight is 325 g/mol. The molecule has 1 fully saturated rings. The highest BCUT2D eigenvalue weighted by Gasteiger charge is 2.25. The molecule has 0 bridgehead atoms. The van der Waals surface area contributed by atoms with E-state index in [9.17, 15) is 13.6 Å². The van der Waals surface area contributed by atoms with Gasteiger partial charge in [0.1, 0.15) is 11.6 Å². The van der Waals surface area contributed by atoms with E-state index in [1.165, 1.54) is 24.3 Å². The van der Waals surface area contributed by atoms with Crippen molar-refractivity contribution in [2.45, 2.75) is 6.04 Å². The van der Waals surface area contributed by atoms with Crippen LogP contribution in [0.2, 0.25) is 0 Å². The van der Waals surface area contributed by atoms with Gasteiger partial charge in [-0.25, -0.2) is 13.6 Å². The van der Waals surface area contributed by atoms with Crippen molar-refractivity contribution in [3.05, 3.63) is 71.3 Å². The quantitative estimate of drug-likeness (QED) is 0.712. The van der Waals surface area contributed by atoms with Crippen LogP contribution >= 0.6 is 0 Å². The summed E-state index contributed by atoms with van der Waals surface area (Å²) in [5.41, 5.74) is 0.878. The number of carbonyl (C=O) groups is 1. The Bertz CT molecular complexity index is 957. The molecule has 1 aliphatic heterocycles. The van der Waals surface area contributed by atoms with Crippen molar-refractivity contribution in [1.29, 1.82) is 0 Å². The molecule has 0 saturated carbocycles. The summed E-state index contributed by atoms with van der Waals surface area (Å²) in [4.78, 5) is 11.2. The Morgan fingerprint density at radius 1 is 1.08 bits per heavy atom. The number of carboxylic acid groups (broad SMARTS) is 1. The predicted octanol–water partition coefficient (Wildman–Crippen LogP) is 4.13. The van der Waals surface area contributed by atoms with E-state index in [0.29, 0.717) is 23.1 Å². The van der Waals surface area contributed by atoms with E-state index in [0.717, 1.165) is 5.39 Å². The fraction of sp³-hybridized carbons (Fsp3) is 0.105. The number of hydrogen-bond donors (Lipinski definition) is 2. The second-order valence-corrected chi connectivity index (χ2v) is 5.87. The highest BCUT2D eigenvalue weighted by molar-refractivity contribution is 6.01. The summed E-state index contributed by atoms with van der Waals surface area (Å²) >= 11 is 0. The number of benzene rings is 3. The third-order valence-corrected chi connectivity index (χ3v) is 4.27. The van der Waals surface area contributed by atoms with Gasteiger partial charge in [0, 0.05) is 12.6 Å². The summed E-state index contributed by atoms with van der Waals surface area (Å²) in [7, 11) is 0. The van der Waals surface area contributed by atoms with Crippen molar-refractivity contribution in [1.82, 2.24) is 5.32 Å². The van der Waals surface area contributed by atoms with Crippen LogP contribution in [0.3, 0.4) is 0 Å². The number of fused-ring (bicyclic) bond motifs is 1. The molecular weight excluding hydrogens is 312 g/mol. The molecule has 5 heteroatoms. The smallest absolute Gasteiger partial charge is 0.335 e. The maximum absolute atomic E-state index is 14.6. The highest BCUT2D eigenvalue weighted by atomic mass is 19.1. The topological polar surface area (TPSA) is 59.2 Å². The van der Waals surface area contributed by atoms with Crippen LogP contribution in [0.1, 0.15) is 22.0 Å². The van der Waals surface area contributed by atoms with Crippen LogP contribution in [-0.4, -0.2) is 17.6 Å². The number of carboxylic acids is 1. The molecule has 1 atom stereocenters. The first kappa shape index (κ1) is 14.8. The molecule has 3 nitrogen and oxygen atoms in total. The molecule has 24 heavy (non-hydrogen) atoms. The van der Waals surface area contributed by atoms with Gasteiger partial charge >= 0.3 is 5.97 Å².